The van der Waals surface area contributed by atoms with E-state index in [-0.39, 0.29) is 42.9 Å². The van der Waals surface area contributed by atoms with Crippen LogP contribution in [0.4, 0.5) is 8.78 Å². The number of benzene rings is 3. The van der Waals surface area contributed by atoms with E-state index in [4.69, 9.17) is 28.7 Å². The van der Waals surface area contributed by atoms with Crippen molar-refractivity contribution >= 4 is 11.0 Å². The van der Waals surface area contributed by atoms with Crippen LogP contribution in [0.5, 0.6) is 11.6 Å². The minimum absolute atomic E-state index is 0.0160. The molecule has 49 heavy (non-hydrogen) atoms. The van der Waals surface area contributed by atoms with Crippen molar-refractivity contribution in [2.24, 2.45) is 0 Å². The van der Waals surface area contributed by atoms with Gasteiger partial charge in [-0.1, -0.05) is 6.07 Å². The highest BCUT2D eigenvalue weighted by atomic mass is 19.1. The molecule has 0 spiro atoms. The number of ether oxygens (including phenoxy) is 5. The van der Waals surface area contributed by atoms with Gasteiger partial charge in [0.05, 0.1) is 49.6 Å². The monoisotopic (exact) mass is 666 g/mol. The van der Waals surface area contributed by atoms with E-state index in [1.165, 1.54) is 18.2 Å². The zero-order chi connectivity index (χ0) is 33.9. The van der Waals surface area contributed by atoms with Gasteiger partial charge in [-0.25, -0.2) is 18.7 Å². The average molecular weight is 667 g/mol. The van der Waals surface area contributed by atoms with Gasteiger partial charge in [0, 0.05) is 31.8 Å². The van der Waals surface area contributed by atoms with Crippen LogP contribution < -0.4 is 9.47 Å². The molecule has 3 aromatic carbocycles. The summed E-state index contributed by atoms with van der Waals surface area (Å²) in [5, 5.41) is 9.48. The number of imidazole rings is 1. The highest BCUT2D eigenvalue weighted by Crippen LogP contribution is 2.34. The molecule has 0 aliphatic carbocycles. The Labute approximate surface area is 283 Å². The molecule has 1 atom stereocenters. The summed E-state index contributed by atoms with van der Waals surface area (Å²) < 4.78 is 62.6. The second-order valence-electron chi connectivity index (χ2n) is 12.3. The summed E-state index contributed by atoms with van der Waals surface area (Å²) in [4.78, 5) is 9.42. The number of aromatic nitrogens is 3. The SMILES string of the molecule is COCCOc1cc(C)cc2c1nc(Cc1cc(F)c3cc1COCCc1cc(C#N)ccc1COc1ccc(F)c-3n1)n2CC1CCO1. The fourth-order valence-corrected chi connectivity index (χ4v) is 6.28. The van der Waals surface area contributed by atoms with Crippen molar-refractivity contribution in [3.05, 3.63) is 105 Å². The molecule has 4 heterocycles. The molecule has 2 aromatic heterocycles. The minimum atomic E-state index is -0.671. The van der Waals surface area contributed by atoms with E-state index in [2.05, 4.69) is 21.7 Å². The van der Waals surface area contributed by atoms with Gasteiger partial charge in [0.1, 0.15) is 47.6 Å². The minimum Gasteiger partial charge on any atom is -0.489 e. The lowest BCUT2D eigenvalue weighted by molar-refractivity contribution is -0.0589. The molecule has 0 saturated carbocycles. The topological polar surface area (TPSA) is 101 Å². The second kappa shape index (κ2) is 14.3. The molecule has 7 rings (SSSR count). The van der Waals surface area contributed by atoms with E-state index in [0.717, 1.165) is 28.6 Å². The molecule has 11 heteroatoms. The molecular weight excluding hydrogens is 630 g/mol. The fourth-order valence-electron chi connectivity index (χ4n) is 6.28. The zero-order valence-corrected chi connectivity index (χ0v) is 27.4. The third kappa shape index (κ3) is 6.99. The first-order chi connectivity index (χ1) is 23.9. The van der Waals surface area contributed by atoms with E-state index in [0.29, 0.717) is 73.2 Å². The maximum Gasteiger partial charge on any atom is 0.214 e. The number of nitriles is 1. The fraction of sp³-hybridized carbons (Fsp3) is 0.342. The van der Waals surface area contributed by atoms with Crippen molar-refractivity contribution in [2.75, 3.05) is 33.5 Å². The van der Waals surface area contributed by atoms with Crippen LogP contribution in [0.25, 0.3) is 22.3 Å². The van der Waals surface area contributed by atoms with Crippen molar-refractivity contribution in [3.8, 4) is 29.0 Å². The van der Waals surface area contributed by atoms with Crippen molar-refractivity contribution in [3.63, 3.8) is 0 Å². The summed E-state index contributed by atoms with van der Waals surface area (Å²) in [6.45, 7) is 4.75. The van der Waals surface area contributed by atoms with E-state index < -0.39 is 11.6 Å². The number of halogens is 2. The van der Waals surface area contributed by atoms with Gasteiger partial charge in [-0.2, -0.15) is 5.26 Å². The number of nitrogens with zero attached hydrogens (tertiary/aromatic N) is 4. The Hall–Kier alpha value is -4.89. The van der Waals surface area contributed by atoms with Crippen LogP contribution in [0.3, 0.4) is 0 Å². The van der Waals surface area contributed by atoms with Crippen molar-refractivity contribution in [1.29, 1.82) is 5.26 Å². The summed E-state index contributed by atoms with van der Waals surface area (Å²) in [6.07, 6.45) is 1.79. The largest absolute Gasteiger partial charge is 0.489 e. The van der Waals surface area contributed by atoms with Gasteiger partial charge >= 0.3 is 0 Å². The average Bonchev–Trinajstić information content (AvgIpc) is 3.41. The van der Waals surface area contributed by atoms with E-state index in [1.54, 1.807) is 19.2 Å². The van der Waals surface area contributed by atoms with E-state index in [9.17, 15) is 5.26 Å². The molecule has 9 nitrogen and oxygen atoms in total. The van der Waals surface area contributed by atoms with Gasteiger partial charge in [0.25, 0.3) is 0 Å². The molecule has 1 unspecified atom stereocenters. The first-order valence-electron chi connectivity index (χ1n) is 16.3. The lowest BCUT2D eigenvalue weighted by atomic mass is 9.98. The summed E-state index contributed by atoms with van der Waals surface area (Å²) in [5.41, 5.74) is 6.12. The van der Waals surface area contributed by atoms with Gasteiger partial charge in [-0.3, -0.25) is 0 Å². The number of fused-ring (bicyclic) bond motifs is 7. The van der Waals surface area contributed by atoms with Gasteiger partial charge in [-0.05, 0) is 90.0 Å². The molecule has 1 saturated heterocycles. The van der Waals surface area contributed by atoms with E-state index in [1.807, 2.05) is 25.1 Å². The Morgan fingerprint density at radius 2 is 1.84 bits per heavy atom. The number of rotatable bonds is 8. The first kappa shape index (κ1) is 32.6. The molecule has 0 radical (unpaired) electrons. The van der Waals surface area contributed by atoms with Gasteiger partial charge in [0.15, 0.2) is 0 Å². The molecule has 4 bridgehead atoms. The molecule has 252 valence electrons. The van der Waals surface area contributed by atoms with E-state index >= 15 is 8.78 Å². The summed E-state index contributed by atoms with van der Waals surface area (Å²) in [5.74, 6) is 0.240. The maximum atomic E-state index is 16.1. The summed E-state index contributed by atoms with van der Waals surface area (Å²) in [6, 6.07) is 17.3. The Kier molecular flexibility index (Phi) is 9.53. The highest BCUT2D eigenvalue weighted by Gasteiger charge is 2.25. The number of pyridine rings is 1. The predicted molar refractivity (Wildman–Crippen MR) is 177 cm³/mol. The number of methoxy groups -OCH3 is 1. The molecule has 0 amide bonds. The molecular formula is C38H36F2N4O5. The van der Waals surface area contributed by atoms with Crippen LogP contribution >= 0.6 is 0 Å². The molecule has 2 aliphatic heterocycles. The van der Waals surface area contributed by atoms with Gasteiger partial charge in [0.2, 0.25) is 5.88 Å². The third-order valence-corrected chi connectivity index (χ3v) is 8.96. The summed E-state index contributed by atoms with van der Waals surface area (Å²) >= 11 is 0. The molecule has 5 aromatic rings. The van der Waals surface area contributed by atoms with Crippen molar-refractivity contribution in [2.45, 2.75) is 52.0 Å². The van der Waals surface area contributed by atoms with Crippen LogP contribution in [0, 0.1) is 29.9 Å². The smallest absolute Gasteiger partial charge is 0.214 e. The Morgan fingerprint density at radius 1 is 0.959 bits per heavy atom. The van der Waals surface area contributed by atoms with Crippen LogP contribution in [-0.4, -0.2) is 54.2 Å². The third-order valence-electron chi connectivity index (χ3n) is 8.96. The van der Waals surface area contributed by atoms with Crippen LogP contribution in [0.2, 0.25) is 0 Å². The maximum absolute atomic E-state index is 16.1. The van der Waals surface area contributed by atoms with Crippen molar-refractivity contribution < 1.29 is 32.5 Å². The van der Waals surface area contributed by atoms with Crippen LogP contribution in [-0.2, 0) is 46.8 Å². The number of hydrogen-bond donors (Lipinski definition) is 0. The zero-order valence-electron chi connectivity index (χ0n) is 27.4. The number of hydrogen-bond acceptors (Lipinski definition) is 8. The lowest BCUT2D eigenvalue weighted by Gasteiger charge is -2.27. The lowest BCUT2D eigenvalue weighted by Crippen LogP contribution is -2.31. The highest BCUT2D eigenvalue weighted by molar-refractivity contribution is 5.83. The van der Waals surface area contributed by atoms with Crippen LogP contribution in [0.1, 0.15) is 45.6 Å². The normalized spacial score (nSPS) is 15.9. The van der Waals surface area contributed by atoms with Crippen LogP contribution in [0.15, 0.2) is 54.6 Å². The Bertz CT molecular complexity index is 2050. The van der Waals surface area contributed by atoms with Gasteiger partial charge < -0.3 is 28.3 Å². The quantitative estimate of drug-likeness (QED) is 0.171. The molecule has 1 fully saturated rings. The Balaban J connectivity index is 1.30. The van der Waals surface area contributed by atoms with Crippen molar-refractivity contribution in [1.82, 2.24) is 14.5 Å². The predicted octanol–water partition coefficient (Wildman–Crippen LogP) is 6.61. The second-order valence-corrected chi connectivity index (χ2v) is 12.3. The number of aryl methyl sites for hydroxylation is 1. The summed E-state index contributed by atoms with van der Waals surface area (Å²) in [7, 11) is 1.62. The standard InChI is InChI=1S/C38H36F2N4O5/c1-23-13-33-38(34(14-23)48-12-11-45-2)42-35(44(33)20-29-8-10-47-29)18-27-17-32(40)30-16-28(27)21-46-9-7-25-15-24(19-41)3-4-26(25)22-49-36-6-5-31(39)37(30)43-36/h3-6,13-17,29H,7-12,18,20-22H2,1-2H3. The molecule has 0 N–H and O–H groups in total. The van der Waals surface area contributed by atoms with Gasteiger partial charge in [-0.15, -0.1) is 0 Å². The Morgan fingerprint density at radius 3 is 2.63 bits per heavy atom. The molecule has 2 aliphatic rings. The first-order valence-corrected chi connectivity index (χ1v) is 16.3.